The Balaban J connectivity index is 2.43. The molecule has 0 aromatic heterocycles. The van der Waals surface area contributed by atoms with E-state index in [1.165, 1.54) is 25.2 Å². The SMILES string of the molecule is CN1C(=O)N(c2ccc(Cl)c(Cl)c2)C(=O)[C@@H]1O. The first-order chi connectivity index (χ1) is 7.93. The van der Waals surface area contributed by atoms with Crippen molar-refractivity contribution in [3.8, 4) is 0 Å². The maximum absolute atomic E-state index is 11.7. The van der Waals surface area contributed by atoms with Gasteiger partial charge in [-0.15, -0.1) is 0 Å². The molecular formula is C10H8Cl2N2O3. The number of aliphatic hydroxyl groups excluding tert-OH is 1. The van der Waals surface area contributed by atoms with Gasteiger partial charge in [-0.05, 0) is 18.2 Å². The van der Waals surface area contributed by atoms with Crippen LogP contribution >= 0.6 is 23.2 Å². The van der Waals surface area contributed by atoms with Gasteiger partial charge in [-0.3, -0.25) is 9.69 Å². The van der Waals surface area contributed by atoms with E-state index in [0.717, 1.165) is 9.80 Å². The second kappa shape index (κ2) is 4.18. The van der Waals surface area contributed by atoms with Crippen molar-refractivity contribution in [3.05, 3.63) is 28.2 Å². The van der Waals surface area contributed by atoms with Gasteiger partial charge in [0.1, 0.15) is 0 Å². The average molecular weight is 275 g/mol. The molecule has 0 unspecified atom stereocenters. The Morgan fingerprint density at radius 3 is 2.35 bits per heavy atom. The van der Waals surface area contributed by atoms with Gasteiger partial charge in [-0.1, -0.05) is 23.2 Å². The zero-order valence-electron chi connectivity index (χ0n) is 8.72. The van der Waals surface area contributed by atoms with Crippen molar-refractivity contribution in [1.82, 2.24) is 4.90 Å². The zero-order chi connectivity index (χ0) is 12.7. The summed E-state index contributed by atoms with van der Waals surface area (Å²) in [5, 5.41) is 10.0. The summed E-state index contributed by atoms with van der Waals surface area (Å²) in [6.45, 7) is 0. The second-order valence-corrected chi connectivity index (χ2v) is 4.35. The monoisotopic (exact) mass is 274 g/mol. The molecule has 5 nitrogen and oxygen atoms in total. The van der Waals surface area contributed by atoms with Gasteiger partial charge in [-0.25, -0.2) is 9.69 Å². The Kier molecular flexibility index (Phi) is 2.99. The number of hydrogen-bond acceptors (Lipinski definition) is 3. The molecule has 1 aliphatic rings. The molecule has 7 heteroatoms. The highest BCUT2D eigenvalue weighted by Gasteiger charge is 2.43. The maximum atomic E-state index is 11.7. The van der Waals surface area contributed by atoms with E-state index in [0.29, 0.717) is 5.02 Å². The highest BCUT2D eigenvalue weighted by Crippen LogP contribution is 2.30. The normalized spacial score (nSPS) is 20.4. The number of carbonyl (C=O) groups is 2. The summed E-state index contributed by atoms with van der Waals surface area (Å²) in [7, 11) is 1.34. The van der Waals surface area contributed by atoms with Crippen LogP contribution in [0.2, 0.25) is 10.0 Å². The van der Waals surface area contributed by atoms with Gasteiger partial charge in [0.2, 0.25) is 6.23 Å². The molecule has 2 rings (SSSR count). The molecule has 0 spiro atoms. The summed E-state index contributed by atoms with van der Waals surface area (Å²) in [5.41, 5.74) is 0.276. The van der Waals surface area contributed by atoms with Crippen LogP contribution in [0.15, 0.2) is 18.2 Å². The van der Waals surface area contributed by atoms with E-state index < -0.39 is 18.2 Å². The Labute approximate surface area is 107 Å². The highest BCUT2D eigenvalue weighted by atomic mass is 35.5. The molecule has 1 fully saturated rings. The van der Waals surface area contributed by atoms with Crippen LogP contribution in [0.25, 0.3) is 0 Å². The highest BCUT2D eigenvalue weighted by molar-refractivity contribution is 6.42. The molecule has 17 heavy (non-hydrogen) atoms. The van der Waals surface area contributed by atoms with Crippen molar-refractivity contribution in [3.63, 3.8) is 0 Å². The predicted octanol–water partition coefficient (Wildman–Crippen LogP) is 1.71. The van der Waals surface area contributed by atoms with E-state index >= 15 is 0 Å². The minimum atomic E-state index is -1.46. The lowest BCUT2D eigenvalue weighted by Gasteiger charge is -2.14. The molecule has 1 aliphatic heterocycles. The fourth-order valence-corrected chi connectivity index (χ4v) is 1.79. The number of benzene rings is 1. The summed E-state index contributed by atoms with van der Waals surface area (Å²) in [6.07, 6.45) is -1.46. The number of hydrogen-bond donors (Lipinski definition) is 1. The molecule has 0 radical (unpaired) electrons. The standard InChI is InChI=1S/C10H8Cl2N2O3/c1-13-8(15)9(16)14(10(13)17)5-2-3-6(11)7(12)4-5/h2-4,8,15H,1H3/t8-/m0/s1. The number of aliphatic hydroxyl groups is 1. The quantitative estimate of drug-likeness (QED) is 0.794. The van der Waals surface area contributed by atoms with Crippen molar-refractivity contribution in [2.75, 3.05) is 11.9 Å². The smallest absolute Gasteiger partial charge is 0.333 e. The molecule has 0 aliphatic carbocycles. The van der Waals surface area contributed by atoms with Crippen molar-refractivity contribution in [2.45, 2.75) is 6.23 Å². The molecule has 0 bridgehead atoms. The minimum absolute atomic E-state index is 0.230. The molecule has 1 aromatic rings. The summed E-state index contributed by atoms with van der Waals surface area (Å²) in [6, 6.07) is 3.74. The lowest BCUT2D eigenvalue weighted by Crippen LogP contribution is -2.31. The van der Waals surface area contributed by atoms with Crippen LogP contribution in [-0.2, 0) is 4.79 Å². The third-order valence-corrected chi connectivity index (χ3v) is 3.20. The number of carbonyl (C=O) groups excluding carboxylic acids is 2. The van der Waals surface area contributed by atoms with E-state index in [9.17, 15) is 14.7 Å². The van der Waals surface area contributed by atoms with Gasteiger partial charge in [-0.2, -0.15) is 0 Å². The fourth-order valence-electron chi connectivity index (χ4n) is 1.50. The Morgan fingerprint density at radius 1 is 1.24 bits per heavy atom. The number of anilines is 1. The summed E-state index contributed by atoms with van der Waals surface area (Å²) < 4.78 is 0. The Bertz CT molecular complexity index is 486. The first-order valence-corrected chi connectivity index (χ1v) is 5.43. The first kappa shape index (κ1) is 12.2. The van der Waals surface area contributed by atoms with Crippen molar-refractivity contribution >= 4 is 40.8 Å². The van der Waals surface area contributed by atoms with E-state index in [2.05, 4.69) is 0 Å². The predicted molar refractivity (Wildman–Crippen MR) is 63.1 cm³/mol. The van der Waals surface area contributed by atoms with Crippen LogP contribution in [0.5, 0.6) is 0 Å². The van der Waals surface area contributed by atoms with E-state index in [-0.39, 0.29) is 10.7 Å². The first-order valence-electron chi connectivity index (χ1n) is 4.67. The van der Waals surface area contributed by atoms with E-state index in [4.69, 9.17) is 23.2 Å². The van der Waals surface area contributed by atoms with Gasteiger partial charge in [0, 0.05) is 7.05 Å². The summed E-state index contributed by atoms with van der Waals surface area (Å²) in [4.78, 5) is 25.2. The molecule has 1 heterocycles. The van der Waals surface area contributed by atoms with Crippen LogP contribution in [0.4, 0.5) is 10.5 Å². The number of urea groups is 1. The number of nitrogens with zero attached hydrogens (tertiary/aromatic N) is 2. The van der Waals surface area contributed by atoms with Crippen molar-refractivity contribution in [2.24, 2.45) is 0 Å². The number of rotatable bonds is 1. The molecule has 90 valence electrons. The largest absolute Gasteiger partial charge is 0.365 e. The van der Waals surface area contributed by atoms with Gasteiger partial charge >= 0.3 is 6.03 Å². The summed E-state index contributed by atoms with van der Waals surface area (Å²) >= 11 is 11.5. The molecule has 1 atom stereocenters. The summed E-state index contributed by atoms with van der Waals surface area (Å²) in [5.74, 6) is -0.712. The van der Waals surface area contributed by atoms with Crippen LogP contribution in [0, 0.1) is 0 Å². The topological polar surface area (TPSA) is 60.9 Å². The van der Waals surface area contributed by atoms with Crippen LogP contribution in [0.1, 0.15) is 0 Å². The lowest BCUT2D eigenvalue weighted by molar-refractivity contribution is -0.128. The third kappa shape index (κ3) is 1.86. The molecule has 1 N–H and O–H groups in total. The van der Waals surface area contributed by atoms with Gasteiger partial charge < -0.3 is 5.11 Å². The molecule has 1 aromatic carbocycles. The number of imide groups is 1. The number of amides is 3. The van der Waals surface area contributed by atoms with Gasteiger partial charge in [0.05, 0.1) is 15.7 Å². The lowest BCUT2D eigenvalue weighted by atomic mass is 10.3. The number of likely N-dealkylation sites (N-methyl/N-ethyl adjacent to an activating group) is 1. The third-order valence-electron chi connectivity index (χ3n) is 2.46. The van der Waals surface area contributed by atoms with Crippen molar-refractivity contribution < 1.29 is 14.7 Å². The number of halogens is 2. The molecule has 0 saturated carbocycles. The Morgan fingerprint density at radius 2 is 1.88 bits per heavy atom. The zero-order valence-corrected chi connectivity index (χ0v) is 10.2. The fraction of sp³-hybridized carbons (Fsp3) is 0.200. The molecular weight excluding hydrogens is 267 g/mol. The van der Waals surface area contributed by atoms with Crippen LogP contribution in [0.3, 0.4) is 0 Å². The van der Waals surface area contributed by atoms with Gasteiger partial charge in [0.15, 0.2) is 0 Å². The average Bonchev–Trinajstić information content (AvgIpc) is 2.48. The van der Waals surface area contributed by atoms with E-state index in [1.54, 1.807) is 0 Å². The maximum Gasteiger partial charge on any atom is 0.333 e. The molecule has 1 saturated heterocycles. The molecule has 3 amide bonds. The van der Waals surface area contributed by atoms with E-state index in [1.807, 2.05) is 0 Å². The van der Waals surface area contributed by atoms with Crippen LogP contribution in [-0.4, -0.2) is 35.2 Å². The van der Waals surface area contributed by atoms with Gasteiger partial charge in [0.25, 0.3) is 5.91 Å². The van der Waals surface area contributed by atoms with Crippen LogP contribution < -0.4 is 4.90 Å². The van der Waals surface area contributed by atoms with Crippen molar-refractivity contribution in [1.29, 1.82) is 0 Å². The Hall–Kier alpha value is -1.30. The minimum Gasteiger partial charge on any atom is -0.365 e. The second-order valence-electron chi connectivity index (χ2n) is 3.54.